The van der Waals surface area contributed by atoms with E-state index in [2.05, 4.69) is 0 Å². The van der Waals surface area contributed by atoms with E-state index in [9.17, 15) is 9.59 Å². The second kappa shape index (κ2) is 6.51. The third kappa shape index (κ3) is 2.90. The second-order valence-electron chi connectivity index (χ2n) is 4.82. The lowest BCUT2D eigenvalue weighted by Gasteiger charge is -2.15. The molecule has 22 heavy (non-hydrogen) atoms. The Balaban J connectivity index is 2.73. The standard InChI is InChI=1S/C16H19NO5/c1-5-20-14-11-8-7-10(17(3)4)9-12(11)22-16(19)13(14)15(18)21-6-2/h7-9H,5-6H2,1-4H3. The first-order valence-corrected chi connectivity index (χ1v) is 7.07. The lowest BCUT2D eigenvalue weighted by Crippen LogP contribution is -2.19. The molecule has 0 aliphatic rings. The summed E-state index contributed by atoms with van der Waals surface area (Å²) < 4.78 is 15.7. The summed E-state index contributed by atoms with van der Waals surface area (Å²) in [7, 11) is 3.77. The zero-order valence-corrected chi connectivity index (χ0v) is 13.1. The molecule has 0 unspecified atom stereocenters. The molecule has 1 heterocycles. The third-order valence-electron chi connectivity index (χ3n) is 3.13. The van der Waals surface area contributed by atoms with Crippen molar-refractivity contribution in [3.63, 3.8) is 0 Å². The highest BCUT2D eigenvalue weighted by Gasteiger charge is 2.23. The molecule has 0 fully saturated rings. The molecule has 0 radical (unpaired) electrons. The predicted octanol–water partition coefficient (Wildman–Crippen LogP) is 2.43. The van der Waals surface area contributed by atoms with Gasteiger partial charge in [0.25, 0.3) is 0 Å². The van der Waals surface area contributed by atoms with Crippen molar-refractivity contribution in [2.45, 2.75) is 13.8 Å². The Labute approximate surface area is 128 Å². The van der Waals surface area contributed by atoms with E-state index < -0.39 is 11.6 Å². The van der Waals surface area contributed by atoms with Gasteiger partial charge in [0, 0.05) is 25.8 Å². The van der Waals surface area contributed by atoms with Gasteiger partial charge in [0.05, 0.1) is 18.6 Å². The highest BCUT2D eigenvalue weighted by atomic mass is 16.5. The second-order valence-corrected chi connectivity index (χ2v) is 4.82. The number of ether oxygens (including phenoxy) is 2. The smallest absolute Gasteiger partial charge is 0.354 e. The average Bonchev–Trinajstić information content (AvgIpc) is 2.46. The predicted molar refractivity (Wildman–Crippen MR) is 83.9 cm³/mol. The van der Waals surface area contributed by atoms with Crippen molar-refractivity contribution in [2.75, 3.05) is 32.2 Å². The SMILES string of the molecule is CCOC(=O)c1c(OCC)c2ccc(N(C)C)cc2oc1=O. The van der Waals surface area contributed by atoms with Crippen LogP contribution in [0, 0.1) is 0 Å². The van der Waals surface area contributed by atoms with Crippen molar-refractivity contribution in [1.82, 2.24) is 0 Å². The number of fused-ring (bicyclic) bond motifs is 1. The fourth-order valence-electron chi connectivity index (χ4n) is 2.11. The number of hydrogen-bond donors (Lipinski definition) is 0. The maximum Gasteiger partial charge on any atom is 0.354 e. The van der Waals surface area contributed by atoms with E-state index in [0.29, 0.717) is 17.6 Å². The number of hydrogen-bond acceptors (Lipinski definition) is 6. The normalized spacial score (nSPS) is 10.5. The molecule has 6 heteroatoms. The van der Waals surface area contributed by atoms with Gasteiger partial charge in [0.15, 0.2) is 11.3 Å². The van der Waals surface area contributed by atoms with Crippen LogP contribution >= 0.6 is 0 Å². The topological polar surface area (TPSA) is 69.0 Å². The largest absolute Gasteiger partial charge is 0.492 e. The van der Waals surface area contributed by atoms with Gasteiger partial charge in [0.2, 0.25) is 0 Å². The van der Waals surface area contributed by atoms with E-state index in [1.165, 1.54) is 0 Å². The summed E-state index contributed by atoms with van der Waals surface area (Å²) in [5.74, 6) is -0.532. The summed E-state index contributed by atoms with van der Waals surface area (Å²) in [6.07, 6.45) is 0. The van der Waals surface area contributed by atoms with Crippen LogP contribution in [0.15, 0.2) is 27.4 Å². The fraction of sp³-hybridized carbons (Fsp3) is 0.375. The molecule has 2 rings (SSSR count). The van der Waals surface area contributed by atoms with Crippen LogP contribution in [0.25, 0.3) is 11.0 Å². The lowest BCUT2D eigenvalue weighted by atomic mass is 10.1. The number of rotatable bonds is 5. The van der Waals surface area contributed by atoms with Crippen LogP contribution < -0.4 is 15.3 Å². The minimum Gasteiger partial charge on any atom is -0.492 e. The molecule has 0 amide bonds. The number of anilines is 1. The van der Waals surface area contributed by atoms with Crippen molar-refractivity contribution in [3.05, 3.63) is 34.2 Å². The summed E-state index contributed by atoms with van der Waals surface area (Å²) in [6, 6.07) is 5.36. The van der Waals surface area contributed by atoms with Crippen LogP contribution in [0.1, 0.15) is 24.2 Å². The molecule has 2 aromatic rings. The third-order valence-corrected chi connectivity index (χ3v) is 3.13. The van der Waals surface area contributed by atoms with Crippen molar-refractivity contribution >= 4 is 22.6 Å². The molecule has 1 aromatic heterocycles. The van der Waals surface area contributed by atoms with Gasteiger partial charge >= 0.3 is 11.6 Å². The van der Waals surface area contributed by atoms with E-state index in [0.717, 1.165) is 5.69 Å². The van der Waals surface area contributed by atoms with Crippen LogP contribution in [-0.2, 0) is 4.74 Å². The highest BCUT2D eigenvalue weighted by molar-refractivity contribution is 5.99. The Kier molecular flexibility index (Phi) is 4.70. The Hall–Kier alpha value is -2.50. The number of nitrogens with zero attached hydrogens (tertiary/aromatic N) is 1. The Bertz CT molecular complexity index is 748. The minimum absolute atomic E-state index is 0.168. The summed E-state index contributed by atoms with van der Waals surface area (Å²) >= 11 is 0. The van der Waals surface area contributed by atoms with E-state index >= 15 is 0 Å². The van der Waals surface area contributed by atoms with Crippen LogP contribution in [0.2, 0.25) is 0 Å². The first-order chi connectivity index (χ1) is 10.5. The lowest BCUT2D eigenvalue weighted by molar-refractivity contribution is 0.0517. The van der Waals surface area contributed by atoms with Gasteiger partial charge in [-0.3, -0.25) is 0 Å². The van der Waals surface area contributed by atoms with Gasteiger partial charge in [-0.05, 0) is 26.0 Å². The van der Waals surface area contributed by atoms with Crippen LogP contribution in [0.3, 0.4) is 0 Å². The van der Waals surface area contributed by atoms with Crippen molar-refractivity contribution < 1.29 is 18.7 Å². The van der Waals surface area contributed by atoms with Gasteiger partial charge in [-0.15, -0.1) is 0 Å². The van der Waals surface area contributed by atoms with Crippen LogP contribution in [-0.4, -0.2) is 33.3 Å². The molecule has 0 atom stereocenters. The number of esters is 1. The van der Waals surface area contributed by atoms with E-state index in [-0.39, 0.29) is 17.9 Å². The molecule has 0 aliphatic carbocycles. The summed E-state index contributed by atoms with van der Waals surface area (Å²) in [6.45, 7) is 3.94. The van der Waals surface area contributed by atoms with Crippen molar-refractivity contribution in [2.24, 2.45) is 0 Å². The monoisotopic (exact) mass is 305 g/mol. The molecule has 0 bridgehead atoms. The molecule has 6 nitrogen and oxygen atoms in total. The number of carbonyl (C=O) groups excluding carboxylic acids is 1. The average molecular weight is 305 g/mol. The molecule has 0 saturated carbocycles. The van der Waals surface area contributed by atoms with Gasteiger partial charge in [-0.25, -0.2) is 9.59 Å². The quantitative estimate of drug-likeness (QED) is 0.624. The Morgan fingerprint density at radius 2 is 1.95 bits per heavy atom. The highest BCUT2D eigenvalue weighted by Crippen LogP contribution is 2.30. The molecule has 0 N–H and O–H groups in total. The summed E-state index contributed by atoms with van der Waals surface area (Å²) in [4.78, 5) is 26.1. The van der Waals surface area contributed by atoms with E-state index in [1.807, 2.05) is 25.1 Å². The van der Waals surface area contributed by atoms with Crippen molar-refractivity contribution in [3.8, 4) is 5.75 Å². The maximum atomic E-state index is 12.2. The molecule has 1 aromatic carbocycles. The first-order valence-electron chi connectivity index (χ1n) is 7.07. The molecular weight excluding hydrogens is 286 g/mol. The number of carbonyl (C=O) groups is 1. The molecule has 0 saturated heterocycles. The van der Waals surface area contributed by atoms with Gasteiger partial charge < -0.3 is 18.8 Å². The van der Waals surface area contributed by atoms with E-state index in [4.69, 9.17) is 13.9 Å². The maximum absolute atomic E-state index is 12.2. The molecule has 0 spiro atoms. The molecule has 118 valence electrons. The Morgan fingerprint density at radius 1 is 1.23 bits per heavy atom. The summed E-state index contributed by atoms with van der Waals surface area (Å²) in [5.41, 5.74) is 0.286. The first kappa shape index (κ1) is 15.9. The van der Waals surface area contributed by atoms with Gasteiger partial charge in [-0.1, -0.05) is 0 Å². The number of benzene rings is 1. The summed E-state index contributed by atoms with van der Waals surface area (Å²) in [5, 5.41) is 0.565. The molecular formula is C16H19NO5. The van der Waals surface area contributed by atoms with Crippen LogP contribution in [0.5, 0.6) is 5.75 Å². The van der Waals surface area contributed by atoms with E-state index in [1.54, 1.807) is 26.0 Å². The van der Waals surface area contributed by atoms with Gasteiger partial charge in [-0.2, -0.15) is 0 Å². The fourth-order valence-corrected chi connectivity index (χ4v) is 2.11. The molecule has 0 aliphatic heterocycles. The minimum atomic E-state index is -0.759. The van der Waals surface area contributed by atoms with Gasteiger partial charge in [0.1, 0.15) is 5.58 Å². The van der Waals surface area contributed by atoms with Crippen LogP contribution in [0.4, 0.5) is 5.69 Å². The Morgan fingerprint density at radius 3 is 2.55 bits per heavy atom. The van der Waals surface area contributed by atoms with Crippen molar-refractivity contribution in [1.29, 1.82) is 0 Å². The zero-order valence-electron chi connectivity index (χ0n) is 13.1. The zero-order chi connectivity index (χ0) is 16.3.